The van der Waals surface area contributed by atoms with Gasteiger partial charge in [0.15, 0.2) is 0 Å². The van der Waals surface area contributed by atoms with E-state index in [9.17, 15) is 8.42 Å². The van der Waals surface area contributed by atoms with E-state index in [-0.39, 0.29) is 6.04 Å². The van der Waals surface area contributed by atoms with E-state index < -0.39 is 10.0 Å². The maximum Gasteiger partial charge on any atom is 0.241 e. The molecule has 1 aromatic carbocycles. The number of hydrogen-bond donors (Lipinski definition) is 2. The van der Waals surface area contributed by atoms with Crippen LogP contribution in [0.25, 0.3) is 0 Å². The molecule has 1 aliphatic carbocycles. The van der Waals surface area contributed by atoms with E-state index in [1.807, 2.05) is 6.07 Å². The monoisotopic (exact) mass is 360 g/mol. The molecule has 1 fully saturated rings. The highest BCUT2D eigenvalue weighted by molar-refractivity contribution is 9.10. The topological polar surface area (TPSA) is 72.2 Å². The van der Waals surface area contributed by atoms with Gasteiger partial charge in [-0.15, -0.1) is 0 Å². The van der Waals surface area contributed by atoms with Crippen LogP contribution in [0, 0.1) is 12.8 Å². The summed E-state index contributed by atoms with van der Waals surface area (Å²) in [7, 11) is -3.51. The van der Waals surface area contributed by atoms with Gasteiger partial charge in [0.1, 0.15) is 0 Å². The zero-order valence-electron chi connectivity index (χ0n) is 11.6. The number of aryl methyl sites for hydroxylation is 1. The number of nitrogens with two attached hydrogens (primary N) is 1. The molecular formula is C14H21BrN2O2S. The van der Waals surface area contributed by atoms with Crippen LogP contribution in [-0.4, -0.2) is 21.0 Å². The molecule has 0 aromatic heterocycles. The summed E-state index contributed by atoms with van der Waals surface area (Å²) in [4.78, 5) is 0.331. The summed E-state index contributed by atoms with van der Waals surface area (Å²) < 4.78 is 28.7. The predicted molar refractivity (Wildman–Crippen MR) is 84.0 cm³/mol. The third-order valence-electron chi connectivity index (χ3n) is 3.96. The lowest BCUT2D eigenvalue weighted by Crippen LogP contribution is -2.44. The van der Waals surface area contributed by atoms with Crippen molar-refractivity contribution in [2.45, 2.75) is 43.5 Å². The van der Waals surface area contributed by atoms with Crippen molar-refractivity contribution in [2.24, 2.45) is 11.7 Å². The second-order valence-electron chi connectivity index (χ2n) is 5.42. The van der Waals surface area contributed by atoms with Gasteiger partial charge in [0.05, 0.1) is 4.90 Å². The van der Waals surface area contributed by atoms with Crippen LogP contribution < -0.4 is 10.5 Å². The molecular weight excluding hydrogens is 340 g/mol. The fourth-order valence-corrected chi connectivity index (χ4v) is 4.89. The predicted octanol–water partition coefficient (Wildman–Crippen LogP) is 2.55. The summed E-state index contributed by atoms with van der Waals surface area (Å²) in [5.74, 6) is 0.366. The number of sulfonamides is 1. The van der Waals surface area contributed by atoms with Crippen molar-refractivity contribution in [1.29, 1.82) is 0 Å². The molecule has 4 nitrogen and oxygen atoms in total. The lowest BCUT2D eigenvalue weighted by atomic mass is 9.99. The van der Waals surface area contributed by atoms with E-state index in [1.165, 1.54) is 12.8 Å². The first-order chi connectivity index (χ1) is 9.44. The molecule has 0 aliphatic heterocycles. The largest absolute Gasteiger partial charge is 0.329 e. The van der Waals surface area contributed by atoms with Gasteiger partial charge >= 0.3 is 0 Å². The average Bonchev–Trinajstić information content (AvgIpc) is 2.89. The SMILES string of the molecule is Cc1cc(Br)ccc1S(=O)(=O)NC(CN)C1CCCC1. The quantitative estimate of drug-likeness (QED) is 0.847. The molecule has 1 saturated carbocycles. The average molecular weight is 361 g/mol. The van der Waals surface area contributed by atoms with E-state index in [0.29, 0.717) is 17.4 Å². The molecule has 1 aromatic rings. The molecule has 3 N–H and O–H groups in total. The molecule has 0 amide bonds. The van der Waals surface area contributed by atoms with Crippen LogP contribution in [-0.2, 0) is 10.0 Å². The number of benzene rings is 1. The van der Waals surface area contributed by atoms with Gasteiger partial charge in [0.2, 0.25) is 10.0 Å². The van der Waals surface area contributed by atoms with Crippen LogP contribution in [0.2, 0.25) is 0 Å². The van der Waals surface area contributed by atoms with Crippen molar-refractivity contribution >= 4 is 26.0 Å². The van der Waals surface area contributed by atoms with E-state index in [4.69, 9.17) is 5.73 Å². The maximum atomic E-state index is 12.5. The highest BCUT2D eigenvalue weighted by Crippen LogP contribution is 2.28. The molecule has 1 aliphatic rings. The summed E-state index contributed by atoms with van der Waals surface area (Å²) in [5.41, 5.74) is 6.50. The summed E-state index contributed by atoms with van der Waals surface area (Å²) in [5, 5.41) is 0. The molecule has 0 bridgehead atoms. The van der Waals surface area contributed by atoms with E-state index in [1.54, 1.807) is 19.1 Å². The normalized spacial score (nSPS) is 18.4. The third-order valence-corrected chi connectivity index (χ3v) is 6.10. The summed E-state index contributed by atoms with van der Waals surface area (Å²) in [6.07, 6.45) is 4.45. The van der Waals surface area contributed by atoms with Crippen LogP contribution >= 0.6 is 15.9 Å². The third kappa shape index (κ3) is 3.61. The lowest BCUT2D eigenvalue weighted by Gasteiger charge is -2.23. The Morgan fingerprint density at radius 1 is 1.40 bits per heavy atom. The Balaban J connectivity index is 2.21. The molecule has 6 heteroatoms. The Bertz CT molecular complexity index is 569. The highest BCUT2D eigenvalue weighted by Gasteiger charge is 2.28. The van der Waals surface area contributed by atoms with Crippen molar-refractivity contribution in [1.82, 2.24) is 4.72 Å². The Hall–Kier alpha value is -0.430. The van der Waals surface area contributed by atoms with Crippen molar-refractivity contribution in [3.8, 4) is 0 Å². The van der Waals surface area contributed by atoms with Crippen LogP contribution in [0.3, 0.4) is 0 Å². The second kappa shape index (κ2) is 6.56. The lowest BCUT2D eigenvalue weighted by molar-refractivity contribution is 0.405. The van der Waals surface area contributed by atoms with Crippen molar-refractivity contribution in [3.63, 3.8) is 0 Å². The fourth-order valence-electron chi connectivity index (χ4n) is 2.87. The first-order valence-electron chi connectivity index (χ1n) is 6.92. The fraction of sp³-hybridized carbons (Fsp3) is 0.571. The van der Waals surface area contributed by atoms with Gasteiger partial charge in [-0.3, -0.25) is 0 Å². The first-order valence-corrected chi connectivity index (χ1v) is 9.20. The number of halogens is 1. The van der Waals surface area contributed by atoms with E-state index in [2.05, 4.69) is 20.7 Å². The van der Waals surface area contributed by atoms with Crippen LogP contribution in [0.5, 0.6) is 0 Å². The molecule has 0 heterocycles. The van der Waals surface area contributed by atoms with Crippen LogP contribution in [0.15, 0.2) is 27.6 Å². The number of hydrogen-bond acceptors (Lipinski definition) is 3. The van der Waals surface area contributed by atoms with Gasteiger partial charge < -0.3 is 5.73 Å². The Morgan fingerprint density at radius 3 is 2.60 bits per heavy atom. The first kappa shape index (κ1) is 15.9. The van der Waals surface area contributed by atoms with Gasteiger partial charge in [0.25, 0.3) is 0 Å². The van der Waals surface area contributed by atoms with Crippen molar-refractivity contribution in [2.75, 3.05) is 6.54 Å². The minimum Gasteiger partial charge on any atom is -0.329 e. The zero-order valence-corrected chi connectivity index (χ0v) is 14.0. The molecule has 0 spiro atoms. The Labute approximate surface area is 129 Å². The van der Waals surface area contributed by atoms with Crippen molar-refractivity contribution in [3.05, 3.63) is 28.2 Å². The minimum atomic E-state index is -3.51. The minimum absolute atomic E-state index is 0.162. The van der Waals surface area contributed by atoms with Crippen LogP contribution in [0.1, 0.15) is 31.2 Å². The number of rotatable bonds is 5. The van der Waals surface area contributed by atoms with Gasteiger partial charge in [-0.1, -0.05) is 28.8 Å². The molecule has 0 radical (unpaired) electrons. The van der Waals surface area contributed by atoms with Crippen LogP contribution in [0.4, 0.5) is 0 Å². The van der Waals surface area contributed by atoms with Crippen molar-refractivity contribution < 1.29 is 8.42 Å². The summed E-state index contributed by atoms with van der Waals surface area (Å²) in [6.45, 7) is 2.14. The highest BCUT2D eigenvalue weighted by atomic mass is 79.9. The van der Waals surface area contributed by atoms with E-state index >= 15 is 0 Å². The molecule has 0 saturated heterocycles. The zero-order chi connectivity index (χ0) is 14.8. The Kier molecular flexibility index (Phi) is 5.23. The molecule has 20 heavy (non-hydrogen) atoms. The van der Waals surface area contributed by atoms with Gasteiger partial charge in [-0.25, -0.2) is 13.1 Å². The summed E-state index contributed by atoms with van der Waals surface area (Å²) >= 11 is 3.35. The Morgan fingerprint density at radius 2 is 2.05 bits per heavy atom. The maximum absolute atomic E-state index is 12.5. The standard InChI is InChI=1S/C14H21BrN2O2S/c1-10-8-12(15)6-7-14(10)20(18,19)17-13(9-16)11-4-2-3-5-11/h6-8,11,13,17H,2-5,9,16H2,1H3. The van der Waals surface area contributed by atoms with Gasteiger partial charge in [-0.2, -0.15) is 0 Å². The molecule has 1 unspecified atom stereocenters. The van der Waals surface area contributed by atoms with Gasteiger partial charge in [-0.05, 0) is 49.4 Å². The molecule has 1 atom stereocenters. The number of nitrogens with one attached hydrogen (secondary N) is 1. The van der Waals surface area contributed by atoms with E-state index in [0.717, 1.165) is 22.9 Å². The molecule has 112 valence electrons. The summed E-state index contributed by atoms with van der Waals surface area (Å²) in [6, 6.07) is 5.02. The smallest absolute Gasteiger partial charge is 0.241 e. The molecule has 2 rings (SSSR count). The van der Waals surface area contributed by atoms with Gasteiger partial charge in [0, 0.05) is 17.1 Å². The second-order valence-corrected chi connectivity index (χ2v) is 8.02.